The summed E-state index contributed by atoms with van der Waals surface area (Å²) in [6.07, 6.45) is 0. The average molecular weight is 322 g/mol. The van der Waals surface area contributed by atoms with Crippen LogP contribution in [0.15, 0.2) is 47.3 Å². The van der Waals surface area contributed by atoms with E-state index in [1.54, 1.807) is 25.3 Å². The van der Waals surface area contributed by atoms with Gasteiger partial charge in [-0.1, -0.05) is 12.1 Å². The van der Waals surface area contributed by atoms with Gasteiger partial charge in [0.1, 0.15) is 17.0 Å². The third-order valence-electron chi connectivity index (χ3n) is 4.19. The molecule has 24 heavy (non-hydrogen) atoms. The number of aromatic nitrogens is 2. The summed E-state index contributed by atoms with van der Waals surface area (Å²) in [6, 6.07) is 12.7. The Kier molecular flexibility index (Phi) is 3.06. The van der Waals surface area contributed by atoms with Crippen LogP contribution in [0.1, 0.15) is 10.4 Å². The van der Waals surface area contributed by atoms with E-state index in [1.807, 2.05) is 28.7 Å². The molecule has 4 aromatic rings. The zero-order chi connectivity index (χ0) is 16.8. The lowest BCUT2D eigenvalue weighted by Crippen LogP contribution is -2.11. The molecule has 120 valence electrons. The first-order valence-electron chi connectivity index (χ1n) is 7.37. The monoisotopic (exact) mass is 322 g/mol. The van der Waals surface area contributed by atoms with Crippen molar-refractivity contribution in [1.29, 1.82) is 0 Å². The van der Waals surface area contributed by atoms with Crippen molar-refractivity contribution in [2.45, 2.75) is 0 Å². The number of esters is 1. The van der Waals surface area contributed by atoms with Crippen LogP contribution in [0.5, 0.6) is 5.75 Å². The number of rotatable bonds is 2. The summed E-state index contributed by atoms with van der Waals surface area (Å²) in [4.78, 5) is 27.6. The third-order valence-corrected chi connectivity index (χ3v) is 4.19. The zero-order valence-corrected chi connectivity index (χ0v) is 13.1. The largest absolute Gasteiger partial charge is 0.497 e. The fourth-order valence-corrected chi connectivity index (χ4v) is 3.11. The van der Waals surface area contributed by atoms with E-state index in [0.29, 0.717) is 27.7 Å². The summed E-state index contributed by atoms with van der Waals surface area (Å²) >= 11 is 0. The lowest BCUT2D eigenvalue weighted by atomic mass is 10.1. The number of para-hydroxylation sites is 1. The number of hydrogen-bond donors (Lipinski definition) is 1. The zero-order valence-electron chi connectivity index (χ0n) is 13.1. The van der Waals surface area contributed by atoms with Crippen LogP contribution in [0.25, 0.3) is 27.5 Å². The Morgan fingerprint density at radius 2 is 1.79 bits per heavy atom. The topological polar surface area (TPSA) is 72.8 Å². The van der Waals surface area contributed by atoms with Crippen molar-refractivity contribution in [3.05, 3.63) is 58.4 Å². The van der Waals surface area contributed by atoms with Crippen LogP contribution < -0.4 is 10.3 Å². The minimum Gasteiger partial charge on any atom is -0.497 e. The maximum atomic E-state index is 12.4. The molecule has 0 amide bonds. The first-order valence-corrected chi connectivity index (χ1v) is 7.37. The fourth-order valence-electron chi connectivity index (χ4n) is 3.11. The Bertz CT molecular complexity index is 1170. The van der Waals surface area contributed by atoms with Crippen molar-refractivity contribution < 1.29 is 14.3 Å². The van der Waals surface area contributed by atoms with Gasteiger partial charge in [-0.25, -0.2) is 4.79 Å². The Morgan fingerprint density at radius 3 is 2.54 bits per heavy atom. The van der Waals surface area contributed by atoms with Crippen molar-refractivity contribution in [2.24, 2.45) is 0 Å². The van der Waals surface area contributed by atoms with Gasteiger partial charge in [-0.3, -0.25) is 9.20 Å². The van der Waals surface area contributed by atoms with Crippen molar-refractivity contribution >= 4 is 33.4 Å². The second-order valence-electron chi connectivity index (χ2n) is 5.40. The molecule has 6 heteroatoms. The summed E-state index contributed by atoms with van der Waals surface area (Å²) in [7, 11) is 2.88. The molecule has 0 unspecified atom stereocenters. The number of carbonyl (C=O) groups is 1. The van der Waals surface area contributed by atoms with E-state index in [0.717, 1.165) is 11.0 Å². The third kappa shape index (κ3) is 1.83. The molecule has 4 rings (SSSR count). The average Bonchev–Trinajstić information content (AvgIpc) is 2.94. The number of ether oxygens (including phenoxy) is 2. The number of nitrogens with one attached hydrogen (secondary N) is 1. The molecule has 2 aromatic heterocycles. The SMILES string of the molecule is COC(=O)c1c2cc(OC)ccc2n2c1[nH]c(=O)c1ccccc12. The van der Waals surface area contributed by atoms with Crippen LogP contribution in [0.2, 0.25) is 0 Å². The lowest BCUT2D eigenvalue weighted by Gasteiger charge is -2.04. The number of nitrogens with zero attached hydrogens (tertiary/aromatic N) is 1. The van der Waals surface area contributed by atoms with E-state index in [2.05, 4.69) is 4.98 Å². The van der Waals surface area contributed by atoms with Gasteiger partial charge in [0.15, 0.2) is 0 Å². The van der Waals surface area contributed by atoms with Crippen LogP contribution in [0, 0.1) is 0 Å². The van der Waals surface area contributed by atoms with Crippen LogP contribution in [-0.2, 0) is 4.74 Å². The smallest absolute Gasteiger partial charge is 0.342 e. The predicted octanol–water partition coefficient (Wildman–Crippen LogP) is 2.73. The number of benzene rings is 2. The molecule has 0 bridgehead atoms. The van der Waals surface area contributed by atoms with Gasteiger partial charge in [0.05, 0.1) is 30.6 Å². The number of carbonyl (C=O) groups excluding carboxylic acids is 1. The maximum Gasteiger partial charge on any atom is 0.342 e. The molecule has 0 saturated carbocycles. The summed E-state index contributed by atoms with van der Waals surface area (Å²) in [5, 5.41) is 1.21. The molecule has 0 saturated heterocycles. The van der Waals surface area contributed by atoms with E-state index >= 15 is 0 Å². The molecule has 2 aromatic carbocycles. The Hall–Kier alpha value is -3.28. The molecule has 0 radical (unpaired) electrons. The van der Waals surface area contributed by atoms with E-state index in [1.165, 1.54) is 7.11 Å². The number of fused-ring (bicyclic) bond motifs is 5. The van der Waals surface area contributed by atoms with Gasteiger partial charge >= 0.3 is 5.97 Å². The predicted molar refractivity (Wildman–Crippen MR) is 90.9 cm³/mol. The van der Waals surface area contributed by atoms with Gasteiger partial charge < -0.3 is 14.5 Å². The highest BCUT2D eigenvalue weighted by Gasteiger charge is 2.22. The van der Waals surface area contributed by atoms with E-state index < -0.39 is 5.97 Å². The number of hydrogen-bond acceptors (Lipinski definition) is 4. The number of H-pyrrole nitrogens is 1. The second-order valence-corrected chi connectivity index (χ2v) is 5.40. The number of methoxy groups -OCH3 is 2. The van der Waals surface area contributed by atoms with E-state index in [4.69, 9.17) is 9.47 Å². The van der Waals surface area contributed by atoms with Crippen molar-refractivity contribution in [3.63, 3.8) is 0 Å². The molecule has 0 fully saturated rings. The van der Waals surface area contributed by atoms with E-state index in [9.17, 15) is 9.59 Å². The molecule has 0 aliphatic carbocycles. The van der Waals surface area contributed by atoms with Crippen molar-refractivity contribution in [3.8, 4) is 5.75 Å². The van der Waals surface area contributed by atoms with Crippen molar-refractivity contribution in [1.82, 2.24) is 9.38 Å². The maximum absolute atomic E-state index is 12.4. The molecule has 6 nitrogen and oxygen atoms in total. The van der Waals surface area contributed by atoms with Crippen molar-refractivity contribution in [2.75, 3.05) is 14.2 Å². The highest BCUT2D eigenvalue weighted by atomic mass is 16.5. The molecule has 0 atom stereocenters. The molecular formula is C18H14N2O4. The molecule has 2 heterocycles. The molecule has 0 spiro atoms. The molecule has 0 aliphatic rings. The molecular weight excluding hydrogens is 308 g/mol. The second kappa shape index (κ2) is 5.13. The lowest BCUT2D eigenvalue weighted by molar-refractivity contribution is 0.0605. The van der Waals surface area contributed by atoms with Gasteiger partial charge in [0, 0.05) is 5.39 Å². The minimum absolute atomic E-state index is 0.252. The van der Waals surface area contributed by atoms with E-state index in [-0.39, 0.29) is 5.56 Å². The normalized spacial score (nSPS) is 11.2. The van der Waals surface area contributed by atoms with Gasteiger partial charge in [-0.2, -0.15) is 0 Å². The van der Waals surface area contributed by atoms with Crippen LogP contribution in [0.4, 0.5) is 0 Å². The fraction of sp³-hybridized carbons (Fsp3) is 0.111. The number of aromatic amines is 1. The standard InChI is InChI=1S/C18H14N2O4/c1-23-10-7-8-14-12(9-10)15(18(22)24-2)16-19-17(21)11-5-3-4-6-13(11)20(14)16/h3-9H,1-2H3,(H,19,21). The van der Waals surface area contributed by atoms with Crippen LogP contribution in [-0.4, -0.2) is 29.6 Å². The van der Waals surface area contributed by atoms with Gasteiger partial charge in [0.2, 0.25) is 0 Å². The Labute approximate surface area is 136 Å². The Balaban J connectivity index is 2.33. The van der Waals surface area contributed by atoms with Gasteiger partial charge in [-0.05, 0) is 30.3 Å². The summed E-state index contributed by atoms with van der Waals surface area (Å²) in [6.45, 7) is 0. The summed E-state index contributed by atoms with van der Waals surface area (Å²) in [5.74, 6) is 0.108. The van der Waals surface area contributed by atoms with Crippen LogP contribution >= 0.6 is 0 Å². The quantitative estimate of drug-likeness (QED) is 0.576. The van der Waals surface area contributed by atoms with Gasteiger partial charge in [-0.15, -0.1) is 0 Å². The molecule has 0 aliphatic heterocycles. The first-order chi connectivity index (χ1) is 11.7. The minimum atomic E-state index is -0.512. The highest BCUT2D eigenvalue weighted by Crippen LogP contribution is 2.31. The first kappa shape index (κ1) is 14.3. The highest BCUT2D eigenvalue weighted by molar-refractivity contribution is 6.12. The van der Waals surface area contributed by atoms with Crippen LogP contribution in [0.3, 0.4) is 0 Å². The summed E-state index contributed by atoms with van der Waals surface area (Å²) < 4.78 is 12.0. The molecule has 1 N–H and O–H groups in total. The van der Waals surface area contributed by atoms with Gasteiger partial charge in [0.25, 0.3) is 5.56 Å². The Morgan fingerprint density at radius 1 is 1.04 bits per heavy atom. The summed E-state index contributed by atoms with van der Waals surface area (Å²) in [5.41, 5.74) is 1.99.